The third-order valence-electron chi connectivity index (χ3n) is 2.64. The zero-order chi connectivity index (χ0) is 13.1. The van der Waals surface area contributed by atoms with Gasteiger partial charge in [0.25, 0.3) is 0 Å². The molecule has 0 fully saturated rings. The highest BCUT2D eigenvalue weighted by molar-refractivity contribution is 7.11. The van der Waals surface area contributed by atoms with Crippen molar-refractivity contribution < 1.29 is 0 Å². The molecule has 0 aliphatic carbocycles. The molecular formula is C14H26N2S. The largest absolute Gasteiger partial charge is 0.309 e. The lowest BCUT2D eigenvalue weighted by Gasteiger charge is -2.15. The molecule has 0 saturated heterocycles. The van der Waals surface area contributed by atoms with Crippen molar-refractivity contribution in [3.8, 4) is 0 Å². The SMILES string of the molecule is CC(C)CC(C)NCc1cnc(C(C)(C)C)s1. The van der Waals surface area contributed by atoms with Gasteiger partial charge in [-0.15, -0.1) is 11.3 Å². The highest BCUT2D eigenvalue weighted by Gasteiger charge is 2.18. The molecule has 1 N–H and O–H groups in total. The molecule has 0 aliphatic rings. The fraction of sp³-hybridized carbons (Fsp3) is 0.786. The molecule has 0 aromatic carbocycles. The van der Waals surface area contributed by atoms with Crippen LogP contribution in [0.3, 0.4) is 0 Å². The molecule has 98 valence electrons. The summed E-state index contributed by atoms with van der Waals surface area (Å²) in [7, 11) is 0. The molecule has 1 atom stereocenters. The number of rotatable bonds is 5. The van der Waals surface area contributed by atoms with Crippen LogP contribution in [0.15, 0.2) is 6.20 Å². The van der Waals surface area contributed by atoms with E-state index in [1.807, 2.05) is 17.5 Å². The standard InChI is InChI=1S/C14H26N2S/c1-10(2)7-11(3)15-8-12-9-16-13(17-12)14(4,5)6/h9-11,15H,7-8H2,1-6H3. The lowest BCUT2D eigenvalue weighted by atomic mass is 9.98. The summed E-state index contributed by atoms with van der Waals surface area (Å²) in [4.78, 5) is 5.84. The van der Waals surface area contributed by atoms with E-state index in [1.54, 1.807) is 0 Å². The predicted molar refractivity (Wildman–Crippen MR) is 76.6 cm³/mol. The van der Waals surface area contributed by atoms with Gasteiger partial charge in [-0.2, -0.15) is 0 Å². The van der Waals surface area contributed by atoms with Crippen molar-refractivity contribution in [3.63, 3.8) is 0 Å². The Bertz CT molecular complexity index is 336. The molecule has 0 spiro atoms. The molecule has 1 aromatic heterocycles. The Balaban J connectivity index is 2.45. The van der Waals surface area contributed by atoms with Gasteiger partial charge in [-0.05, 0) is 19.3 Å². The zero-order valence-electron chi connectivity index (χ0n) is 12.0. The molecule has 0 bridgehead atoms. The van der Waals surface area contributed by atoms with E-state index < -0.39 is 0 Å². The van der Waals surface area contributed by atoms with Crippen molar-refractivity contribution in [2.24, 2.45) is 5.92 Å². The van der Waals surface area contributed by atoms with Crippen LogP contribution in [0.2, 0.25) is 0 Å². The predicted octanol–water partition coefficient (Wildman–Crippen LogP) is 3.96. The Morgan fingerprint density at radius 3 is 2.41 bits per heavy atom. The third kappa shape index (κ3) is 5.17. The first-order valence-electron chi connectivity index (χ1n) is 6.47. The Hall–Kier alpha value is -0.410. The van der Waals surface area contributed by atoms with Crippen LogP contribution in [-0.2, 0) is 12.0 Å². The van der Waals surface area contributed by atoms with Gasteiger partial charge in [-0.3, -0.25) is 0 Å². The fourth-order valence-electron chi connectivity index (χ4n) is 1.80. The zero-order valence-corrected chi connectivity index (χ0v) is 12.8. The summed E-state index contributed by atoms with van der Waals surface area (Å²) < 4.78 is 0. The summed E-state index contributed by atoms with van der Waals surface area (Å²) in [6, 6.07) is 0.579. The van der Waals surface area contributed by atoms with Crippen molar-refractivity contribution in [1.29, 1.82) is 0 Å². The van der Waals surface area contributed by atoms with E-state index in [-0.39, 0.29) is 5.41 Å². The summed E-state index contributed by atoms with van der Waals surface area (Å²) in [6.07, 6.45) is 3.24. The minimum Gasteiger partial charge on any atom is -0.309 e. The first-order valence-corrected chi connectivity index (χ1v) is 7.29. The Kier molecular flexibility index (Phi) is 5.14. The van der Waals surface area contributed by atoms with Gasteiger partial charge in [-0.1, -0.05) is 34.6 Å². The average Bonchev–Trinajstić information content (AvgIpc) is 2.61. The van der Waals surface area contributed by atoms with Gasteiger partial charge >= 0.3 is 0 Å². The second-order valence-electron chi connectivity index (χ2n) is 6.29. The fourth-order valence-corrected chi connectivity index (χ4v) is 2.72. The molecule has 1 heterocycles. The van der Waals surface area contributed by atoms with Crippen molar-refractivity contribution >= 4 is 11.3 Å². The van der Waals surface area contributed by atoms with Crippen LogP contribution in [-0.4, -0.2) is 11.0 Å². The number of hydrogen-bond acceptors (Lipinski definition) is 3. The van der Waals surface area contributed by atoms with Crippen molar-refractivity contribution in [2.75, 3.05) is 0 Å². The van der Waals surface area contributed by atoms with E-state index in [0.29, 0.717) is 6.04 Å². The highest BCUT2D eigenvalue weighted by Crippen LogP contribution is 2.26. The molecule has 0 aliphatic heterocycles. The first kappa shape index (κ1) is 14.7. The van der Waals surface area contributed by atoms with Crippen molar-refractivity contribution in [1.82, 2.24) is 10.3 Å². The molecule has 1 unspecified atom stereocenters. The molecule has 0 radical (unpaired) electrons. The molecule has 2 nitrogen and oxygen atoms in total. The number of thiazole rings is 1. The summed E-state index contributed by atoms with van der Waals surface area (Å²) >= 11 is 1.83. The second kappa shape index (κ2) is 5.96. The number of hydrogen-bond donors (Lipinski definition) is 1. The van der Waals surface area contributed by atoms with Crippen LogP contribution in [0, 0.1) is 5.92 Å². The first-order chi connectivity index (χ1) is 7.79. The Labute approximate surface area is 110 Å². The highest BCUT2D eigenvalue weighted by atomic mass is 32.1. The molecule has 0 saturated carbocycles. The van der Waals surface area contributed by atoms with Crippen LogP contribution in [0.4, 0.5) is 0 Å². The van der Waals surface area contributed by atoms with Crippen LogP contribution in [0.1, 0.15) is 57.8 Å². The minimum absolute atomic E-state index is 0.173. The van der Waals surface area contributed by atoms with Crippen LogP contribution in [0.5, 0.6) is 0 Å². The summed E-state index contributed by atoms with van der Waals surface area (Å²) in [6.45, 7) is 14.4. The van der Waals surface area contributed by atoms with Crippen molar-refractivity contribution in [3.05, 3.63) is 16.1 Å². The molecule has 0 amide bonds. The summed E-state index contributed by atoms with van der Waals surface area (Å²) in [5.41, 5.74) is 0.173. The number of nitrogens with one attached hydrogen (secondary N) is 1. The summed E-state index contributed by atoms with van der Waals surface area (Å²) in [5, 5.41) is 4.79. The van der Waals surface area contributed by atoms with Gasteiger partial charge in [0.15, 0.2) is 0 Å². The molecule has 1 aromatic rings. The lowest BCUT2D eigenvalue weighted by molar-refractivity contribution is 0.443. The van der Waals surface area contributed by atoms with E-state index in [4.69, 9.17) is 0 Å². The third-order valence-corrected chi connectivity index (χ3v) is 4.07. The number of nitrogens with zero attached hydrogens (tertiary/aromatic N) is 1. The lowest BCUT2D eigenvalue weighted by Crippen LogP contribution is -2.26. The van der Waals surface area contributed by atoms with Gasteiger partial charge in [0.05, 0.1) is 5.01 Å². The van der Waals surface area contributed by atoms with E-state index in [1.165, 1.54) is 16.3 Å². The topological polar surface area (TPSA) is 24.9 Å². The van der Waals surface area contributed by atoms with Gasteiger partial charge in [0.2, 0.25) is 0 Å². The van der Waals surface area contributed by atoms with Gasteiger partial charge in [0.1, 0.15) is 0 Å². The maximum atomic E-state index is 4.50. The van der Waals surface area contributed by atoms with Crippen LogP contribution >= 0.6 is 11.3 Å². The Morgan fingerprint density at radius 1 is 1.29 bits per heavy atom. The smallest absolute Gasteiger partial charge is 0.0981 e. The Morgan fingerprint density at radius 2 is 1.94 bits per heavy atom. The molecular weight excluding hydrogens is 228 g/mol. The van der Waals surface area contributed by atoms with E-state index in [9.17, 15) is 0 Å². The van der Waals surface area contributed by atoms with Crippen LogP contribution < -0.4 is 5.32 Å². The van der Waals surface area contributed by atoms with Crippen molar-refractivity contribution in [2.45, 2.75) is 66.0 Å². The molecule has 1 rings (SSSR count). The van der Waals surface area contributed by atoms with Gasteiger partial charge < -0.3 is 5.32 Å². The van der Waals surface area contributed by atoms with E-state index in [0.717, 1.165) is 12.5 Å². The minimum atomic E-state index is 0.173. The van der Waals surface area contributed by atoms with Gasteiger partial charge in [0, 0.05) is 29.1 Å². The van der Waals surface area contributed by atoms with Gasteiger partial charge in [-0.25, -0.2) is 4.98 Å². The maximum Gasteiger partial charge on any atom is 0.0981 e. The summed E-state index contributed by atoms with van der Waals surface area (Å²) in [5.74, 6) is 0.754. The monoisotopic (exact) mass is 254 g/mol. The van der Waals surface area contributed by atoms with E-state index in [2.05, 4.69) is 51.8 Å². The number of aromatic nitrogens is 1. The maximum absolute atomic E-state index is 4.50. The molecule has 17 heavy (non-hydrogen) atoms. The quantitative estimate of drug-likeness (QED) is 0.860. The van der Waals surface area contributed by atoms with Crippen LogP contribution in [0.25, 0.3) is 0 Å². The second-order valence-corrected chi connectivity index (χ2v) is 7.41. The normalized spacial score (nSPS) is 14.3. The molecule has 3 heteroatoms. The average molecular weight is 254 g/mol. The van der Waals surface area contributed by atoms with E-state index >= 15 is 0 Å².